The Labute approximate surface area is 113 Å². The zero-order chi connectivity index (χ0) is 11.7. The van der Waals surface area contributed by atoms with Crippen LogP contribution in [0.2, 0.25) is 4.34 Å². The normalized spacial score (nSPS) is 15.6. The minimum absolute atomic E-state index is 0.704. The topological polar surface area (TPSA) is 29.0 Å². The van der Waals surface area contributed by atoms with Crippen LogP contribution in [0.4, 0.5) is 0 Å². The first-order valence-corrected chi connectivity index (χ1v) is 7.59. The Kier molecular flexibility index (Phi) is 3.42. The fourth-order valence-electron chi connectivity index (χ4n) is 1.84. The van der Waals surface area contributed by atoms with E-state index in [1.165, 1.54) is 29.3 Å². The van der Waals surface area contributed by atoms with Crippen LogP contribution in [-0.2, 0) is 13.1 Å². The molecule has 17 heavy (non-hydrogen) atoms. The van der Waals surface area contributed by atoms with E-state index in [2.05, 4.69) is 32.0 Å². The summed E-state index contributed by atoms with van der Waals surface area (Å²) in [5.41, 5.74) is 0.917. The molecule has 1 aliphatic rings. The Hall–Kier alpha value is -0.490. The summed E-state index contributed by atoms with van der Waals surface area (Å²) in [4.78, 5) is 3.85. The van der Waals surface area contributed by atoms with E-state index in [0.717, 1.165) is 23.1 Å². The van der Waals surface area contributed by atoms with Crippen LogP contribution in [0, 0.1) is 0 Å². The largest absolute Gasteiger partial charge is 0.289 e. The molecule has 90 valence electrons. The van der Waals surface area contributed by atoms with Crippen molar-refractivity contribution < 1.29 is 0 Å². The van der Waals surface area contributed by atoms with Crippen LogP contribution in [0.25, 0.3) is 0 Å². The van der Waals surface area contributed by atoms with Crippen LogP contribution >= 0.6 is 34.5 Å². The molecule has 0 N–H and O–H groups in total. The number of halogens is 1. The lowest BCUT2D eigenvalue weighted by Crippen LogP contribution is -2.24. The number of aromatic nitrogens is 2. The van der Waals surface area contributed by atoms with Gasteiger partial charge in [0.2, 0.25) is 0 Å². The van der Waals surface area contributed by atoms with Gasteiger partial charge in [-0.15, -0.1) is 16.4 Å². The minimum atomic E-state index is 0.704. The highest BCUT2D eigenvalue weighted by Crippen LogP contribution is 2.31. The average molecular weight is 286 g/mol. The zero-order valence-corrected chi connectivity index (χ0v) is 11.6. The molecule has 2 aromatic heterocycles. The van der Waals surface area contributed by atoms with Crippen molar-refractivity contribution in [3.8, 4) is 0 Å². The second-order valence-corrected chi connectivity index (χ2v) is 6.60. The molecule has 1 fully saturated rings. The molecule has 0 unspecified atom stereocenters. The molecule has 0 amide bonds. The minimum Gasteiger partial charge on any atom is -0.289 e. The van der Waals surface area contributed by atoms with Crippen molar-refractivity contribution in [2.75, 3.05) is 0 Å². The van der Waals surface area contributed by atoms with Crippen molar-refractivity contribution in [3.05, 3.63) is 32.4 Å². The molecule has 0 saturated heterocycles. The Morgan fingerprint density at radius 3 is 2.88 bits per heavy atom. The molecule has 6 heteroatoms. The lowest BCUT2D eigenvalue weighted by molar-refractivity contribution is 0.245. The van der Waals surface area contributed by atoms with E-state index in [4.69, 9.17) is 11.6 Å². The monoisotopic (exact) mass is 285 g/mol. The number of thiophene rings is 1. The van der Waals surface area contributed by atoms with Crippen molar-refractivity contribution in [3.63, 3.8) is 0 Å². The summed E-state index contributed by atoms with van der Waals surface area (Å²) in [5, 5.41) is 6.22. The Bertz CT molecular complexity index is 479. The molecule has 1 aliphatic carbocycles. The van der Waals surface area contributed by atoms with E-state index in [1.807, 2.05) is 0 Å². The van der Waals surface area contributed by atoms with Gasteiger partial charge in [0.1, 0.15) is 10.0 Å². The van der Waals surface area contributed by atoms with Gasteiger partial charge in [-0.2, -0.15) is 0 Å². The smallest absolute Gasteiger partial charge is 0.138 e. The lowest BCUT2D eigenvalue weighted by Gasteiger charge is -2.19. The van der Waals surface area contributed by atoms with E-state index in [1.54, 1.807) is 11.3 Å². The van der Waals surface area contributed by atoms with Crippen molar-refractivity contribution in [2.45, 2.75) is 32.0 Å². The van der Waals surface area contributed by atoms with Crippen molar-refractivity contribution in [1.29, 1.82) is 0 Å². The van der Waals surface area contributed by atoms with Crippen LogP contribution in [0.3, 0.4) is 0 Å². The SMILES string of the molecule is Clc1snnc1CN(Cc1cccs1)C1CC1. The summed E-state index contributed by atoms with van der Waals surface area (Å²) in [6.45, 7) is 1.81. The van der Waals surface area contributed by atoms with Crippen molar-refractivity contribution in [2.24, 2.45) is 0 Å². The fourth-order valence-corrected chi connectivity index (χ4v) is 3.18. The van der Waals surface area contributed by atoms with Gasteiger partial charge >= 0.3 is 0 Å². The molecule has 2 heterocycles. The Morgan fingerprint density at radius 1 is 1.41 bits per heavy atom. The fraction of sp³-hybridized carbons (Fsp3) is 0.455. The van der Waals surface area contributed by atoms with Crippen molar-refractivity contribution >= 4 is 34.5 Å². The van der Waals surface area contributed by atoms with Gasteiger partial charge < -0.3 is 0 Å². The van der Waals surface area contributed by atoms with Crippen LogP contribution in [-0.4, -0.2) is 20.5 Å². The molecule has 0 spiro atoms. The summed E-state index contributed by atoms with van der Waals surface area (Å²) < 4.78 is 4.61. The van der Waals surface area contributed by atoms with Gasteiger partial charge in [0.15, 0.2) is 0 Å². The molecule has 0 bridgehead atoms. The third-order valence-corrected chi connectivity index (χ3v) is 4.71. The standard InChI is InChI=1S/C11H12ClN3S2/c12-11-10(13-14-17-11)7-15(8-3-4-8)6-9-2-1-5-16-9/h1-2,5,8H,3-4,6-7H2. The highest BCUT2D eigenvalue weighted by molar-refractivity contribution is 7.10. The van der Waals surface area contributed by atoms with E-state index < -0.39 is 0 Å². The summed E-state index contributed by atoms with van der Waals surface area (Å²) in [7, 11) is 0. The first-order chi connectivity index (χ1) is 8.33. The van der Waals surface area contributed by atoms with E-state index in [0.29, 0.717) is 6.04 Å². The maximum atomic E-state index is 6.06. The van der Waals surface area contributed by atoms with Crippen LogP contribution in [0.5, 0.6) is 0 Å². The lowest BCUT2D eigenvalue weighted by atomic mass is 10.3. The molecule has 0 atom stereocenters. The zero-order valence-electron chi connectivity index (χ0n) is 9.17. The predicted octanol–water partition coefficient (Wildman–Crippen LogP) is 3.42. The molecule has 0 radical (unpaired) electrons. The first-order valence-electron chi connectivity index (χ1n) is 5.56. The van der Waals surface area contributed by atoms with Crippen LogP contribution < -0.4 is 0 Å². The summed E-state index contributed by atoms with van der Waals surface area (Å²) in [5.74, 6) is 0. The summed E-state index contributed by atoms with van der Waals surface area (Å²) in [6.07, 6.45) is 2.58. The van der Waals surface area contributed by atoms with Crippen LogP contribution in [0.1, 0.15) is 23.4 Å². The van der Waals surface area contributed by atoms with E-state index >= 15 is 0 Å². The second-order valence-electron chi connectivity index (χ2n) is 4.21. The molecule has 1 saturated carbocycles. The van der Waals surface area contributed by atoms with Gasteiger partial charge in [0.25, 0.3) is 0 Å². The predicted molar refractivity (Wildman–Crippen MR) is 71.5 cm³/mol. The first kappa shape index (κ1) is 11.6. The molecule has 2 aromatic rings. The molecule has 3 rings (SSSR count). The Morgan fingerprint density at radius 2 is 2.29 bits per heavy atom. The average Bonchev–Trinajstić information content (AvgIpc) is 2.91. The number of nitrogens with zero attached hydrogens (tertiary/aromatic N) is 3. The molecule has 0 aromatic carbocycles. The maximum absolute atomic E-state index is 6.06. The van der Waals surface area contributed by atoms with Gasteiger partial charge in [-0.3, -0.25) is 4.90 Å². The summed E-state index contributed by atoms with van der Waals surface area (Å²) >= 11 is 9.13. The Balaban J connectivity index is 1.70. The molecular formula is C11H12ClN3S2. The van der Waals surface area contributed by atoms with Gasteiger partial charge in [0, 0.05) is 35.5 Å². The number of hydrogen-bond donors (Lipinski definition) is 0. The molecule has 0 aliphatic heterocycles. The second kappa shape index (κ2) is 5.02. The quantitative estimate of drug-likeness (QED) is 0.843. The number of hydrogen-bond acceptors (Lipinski definition) is 5. The van der Waals surface area contributed by atoms with Crippen molar-refractivity contribution in [1.82, 2.24) is 14.5 Å². The van der Waals surface area contributed by atoms with Gasteiger partial charge in [-0.05, 0) is 24.3 Å². The maximum Gasteiger partial charge on any atom is 0.138 e. The third-order valence-electron chi connectivity index (χ3n) is 2.86. The molecule has 3 nitrogen and oxygen atoms in total. The highest BCUT2D eigenvalue weighted by atomic mass is 35.5. The van der Waals surface area contributed by atoms with Gasteiger partial charge in [-0.25, -0.2) is 0 Å². The van der Waals surface area contributed by atoms with Gasteiger partial charge in [-0.1, -0.05) is 22.2 Å². The summed E-state index contributed by atoms with van der Waals surface area (Å²) in [6, 6.07) is 4.98. The van der Waals surface area contributed by atoms with Crippen LogP contribution in [0.15, 0.2) is 17.5 Å². The van der Waals surface area contributed by atoms with E-state index in [-0.39, 0.29) is 0 Å². The third kappa shape index (κ3) is 2.85. The molecular weight excluding hydrogens is 274 g/mol. The number of rotatable bonds is 5. The van der Waals surface area contributed by atoms with Gasteiger partial charge in [0.05, 0.1) is 0 Å². The highest BCUT2D eigenvalue weighted by Gasteiger charge is 2.30. The van der Waals surface area contributed by atoms with E-state index in [9.17, 15) is 0 Å².